The van der Waals surface area contributed by atoms with Gasteiger partial charge in [-0.1, -0.05) is 29.8 Å². The van der Waals surface area contributed by atoms with Crippen molar-refractivity contribution in [1.29, 1.82) is 0 Å². The predicted molar refractivity (Wildman–Crippen MR) is 104 cm³/mol. The molecule has 1 N–H and O–H groups in total. The molecule has 0 radical (unpaired) electrons. The molecule has 0 aromatic heterocycles. The lowest BCUT2D eigenvalue weighted by atomic mass is 10.2. The molecule has 0 bridgehead atoms. The van der Waals surface area contributed by atoms with Crippen molar-refractivity contribution < 1.29 is 17.6 Å². The average molecular weight is 397 g/mol. The zero-order valence-corrected chi connectivity index (χ0v) is 16.2. The summed E-state index contributed by atoms with van der Waals surface area (Å²) in [7, 11) is -3.79. The van der Waals surface area contributed by atoms with Gasteiger partial charge in [-0.2, -0.15) is 0 Å². The second kappa shape index (κ2) is 9.05. The summed E-state index contributed by atoms with van der Waals surface area (Å²) in [6.45, 7) is 1.93. The maximum atomic E-state index is 13.9. The van der Waals surface area contributed by atoms with Crippen LogP contribution in [0.3, 0.4) is 0 Å². The van der Waals surface area contributed by atoms with Gasteiger partial charge in [0.15, 0.2) is 0 Å². The van der Waals surface area contributed by atoms with E-state index in [1.165, 1.54) is 23.8 Å². The molecule has 8 heteroatoms. The van der Waals surface area contributed by atoms with E-state index in [0.717, 1.165) is 21.5 Å². The molecule has 5 nitrogen and oxygen atoms in total. The summed E-state index contributed by atoms with van der Waals surface area (Å²) in [5, 5.41) is 2.67. The zero-order valence-electron chi connectivity index (χ0n) is 14.6. The number of sulfonamides is 1. The van der Waals surface area contributed by atoms with Gasteiger partial charge in [0, 0.05) is 17.2 Å². The summed E-state index contributed by atoms with van der Waals surface area (Å²) in [4.78, 5) is 13.2. The Morgan fingerprint density at radius 1 is 1.15 bits per heavy atom. The smallest absolute Gasteiger partial charge is 0.240 e. The van der Waals surface area contributed by atoms with Crippen LogP contribution in [0.1, 0.15) is 5.56 Å². The molecule has 2 aromatic rings. The predicted octanol–water partition coefficient (Wildman–Crippen LogP) is 2.81. The fraction of sp³-hybridized carbons (Fsp3) is 0.278. The average Bonchev–Trinajstić information content (AvgIpc) is 2.58. The number of benzene rings is 2. The molecule has 1 amide bonds. The Labute approximate surface area is 157 Å². The van der Waals surface area contributed by atoms with E-state index in [9.17, 15) is 17.6 Å². The van der Waals surface area contributed by atoms with Gasteiger partial charge >= 0.3 is 0 Å². The van der Waals surface area contributed by atoms with Crippen LogP contribution in [-0.4, -0.2) is 39.4 Å². The quantitative estimate of drug-likeness (QED) is 0.550. The van der Waals surface area contributed by atoms with Gasteiger partial charge in [-0.15, -0.1) is 11.8 Å². The Balaban J connectivity index is 1.89. The van der Waals surface area contributed by atoms with Gasteiger partial charge < -0.3 is 5.32 Å². The van der Waals surface area contributed by atoms with Crippen LogP contribution in [0.5, 0.6) is 0 Å². The van der Waals surface area contributed by atoms with Crippen molar-refractivity contribution in [3.8, 4) is 0 Å². The Morgan fingerprint density at radius 3 is 2.42 bits per heavy atom. The molecule has 2 aromatic carbocycles. The molecule has 0 aliphatic heterocycles. The normalized spacial score (nSPS) is 11.2. The molecule has 0 saturated carbocycles. The third-order valence-electron chi connectivity index (χ3n) is 3.52. The van der Waals surface area contributed by atoms with Crippen molar-refractivity contribution in [3.63, 3.8) is 0 Å². The number of para-hydroxylation sites is 1. The SMILES string of the molecule is Cc1ccc(SCCNC(=O)CN(c2ccccc2F)S(C)(=O)=O)cc1. The number of carbonyl (C=O) groups is 1. The van der Waals surface area contributed by atoms with E-state index in [0.29, 0.717) is 12.3 Å². The first kappa shape index (κ1) is 20.3. The highest BCUT2D eigenvalue weighted by atomic mass is 32.2. The lowest BCUT2D eigenvalue weighted by Crippen LogP contribution is -2.41. The van der Waals surface area contributed by atoms with E-state index in [1.807, 2.05) is 31.2 Å². The maximum Gasteiger partial charge on any atom is 0.240 e. The fourth-order valence-corrected chi connectivity index (χ4v) is 3.84. The van der Waals surface area contributed by atoms with Gasteiger partial charge in [0.1, 0.15) is 12.4 Å². The minimum Gasteiger partial charge on any atom is -0.354 e. The first-order chi connectivity index (χ1) is 12.3. The van der Waals surface area contributed by atoms with Gasteiger partial charge in [-0.3, -0.25) is 9.10 Å². The number of aryl methyl sites for hydroxylation is 1. The molecule has 140 valence electrons. The highest BCUT2D eigenvalue weighted by Gasteiger charge is 2.23. The fourth-order valence-electron chi connectivity index (χ4n) is 2.22. The minimum absolute atomic E-state index is 0.140. The zero-order chi connectivity index (χ0) is 19.2. The summed E-state index contributed by atoms with van der Waals surface area (Å²) < 4.78 is 38.5. The molecule has 0 fully saturated rings. The minimum atomic E-state index is -3.79. The van der Waals surface area contributed by atoms with Gasteiger partial charge in [-0.25, -0.2) is 12.8 Å². The largest absolute Gasteiger partial charge is 0.354 e. The first-order valence-corrected chi connectivity index (χ1v) is 10.8. The number of amides is 1. The number of nitrogens with zero attached hydrogens (tertiary/aromatic N) is 1. The van der Waals surface area contributed by atoms with E-state index in [4.69, 9.17) is 0 Å². The molecule has 0 saturated heterocycles. The molecular weight excluding hydrogens is 375 g/mol. The standard InChI is InChI=1S/C18H21FN2O3S2/c1-14-7-9-15(10-8-14)25-12-11-20-18(22)13-21(26(2,23)24)17-6-4-3-5-16(17)19/h3-10H,11-13H2,1-2H3,(H,20,22). The van der Waals surface area contributed by atoms with Crippen LogP contribution in [0.15, 0.2) is 53.4 Å². The van der Waals surface area contributed by atoms with Gasteiger partial charge in [0.2, 0.25) is 15.9 Å². The number of halogens is 1. The lowest BCUT2D eigenvalue weighted by Gasteiger charge is -2.22. The molecule has 0 spiro atoms. The number of anilines is 1. The molecule has 0 heterocycles. The van der Waals surface area contributed by atoms with E-state index in [2.05, 4.69) is 5.32 Å². The summed E-state index contributed by atoms with van der Waals surface area (Å²) in [5.74, 6) is -0.531. The first-order valence-electron chi connectivity index (χ1n) is 7.96. The van der Waals surface area contributed by atoms with Crippen LogP contribution in [-0.2, 0) is 14.8 Å². The summed E-state index contributed by atoms with van der Waals surface area (Å²) in [5.41, 5.74) is 1.04. The number of rotatable bonds is 8. The van der Waals surface area contributed by atoms with Crippen LogP contribution < -0.4 is 9.62 Å². The topological polar surface area (TPSA) is 66.5 Å². The number of hydrogen-bond acceptors (Lipinski definition) is 4. The Hall–Kier alpha value is -2.06. The molecule has 2 rings (SSSR count). The van der Waals surface area contributed by atoms with E-state index >= 15 is 0 Å². The number of hydrogen-bond donors (Lipinski definition) is 1. The number of nitrogens with one attached hydrogen (secondary N) is 1. The second-order valence-corrected chi connectivity index (χ2v) is 8.81. The Kier molecular flexibility index (Phi) is 7.05. The van der Waals surface area contributed by atoms with E-state index < -0.39 is 28.3 Å². The monoisotopic (exact) mass is 396 g/mol. The van der Waals surface area contributed by atoms with Crippen molar-refractivity contribution in [3.05, 3.63) is 59.9 Å². The molecule has 0 atom stereocenters. The molecule has 0 aliphatic rings. The summed E-state index contributed by atoms with van der Waals surface area (Å²) in [6, 6.07) is 13.5. The van der Waals surface area contributed by atoms with Crippen molar-refractivity contribution in [2.75, 3.05) is 29.4 Å². The third-order valence-corrected chi connectivity index (χ3v) is 5.66. The van der Waals surface area contributed by atoms with Crippen molar-refractivity contribution in [2.45, 2.75) is 11.8 Å². The highest BCUT2D eigenvalue weighted by molar-refractivity contribution is 7.99. The second-order valence-electron chi connectivity index (χ2n) is 5.73. The molecule has 0 aliphatic carbocycles. The molecule has 0 unspecified atom stereocenters. The van der Waals surface area contributed by atoms with Crippen LogP contribution in [0.2, 0.25) is 0 Å². The highest BCUT2D eigenvalue weighted by Crippen LogP contribution is 2.21. The van der Waals surface area contributed by atoms with E-state index in [-0.39, 0.29) is 5.69 Å². The van der Waals surface area contributed by atoms with Crippen LogP contribution in [0.25, 0.3) is 0 Å². The van der Waals surface area contributed by atoms with Gasteiger partial charge in [0.25, 0.3) is 0 Å². The van der Waals surface area contributed by atoms with E-state index in [1.54, 1.807) is 11.8 Å². The van der Waals surface area contributed by atoms with Gasteiger partial charge in [0.05, 0.1) is 11.9 Å². The third kappa shape index (κ3) is 6.03. The van der Waals surface area contributed by atoms with Crippen LogP contribution in [0, 0.1) is 12.7 Å². The Morgan fingerprint density at radius 2 is 1.81 bits per heavy atom. The van der Waals surface area contributed by atoms with Crippen LogP contribution in [0.4, 0.5) is 10.1 Å². The summed E-state index contributed by atoms with van der Waals surface area (Å²) in [6.07, 6.45) is 0.944. The van der Waals surface area contributed by atoms with Crippen molar-refractivity contribution in [1.82, 2.24) is 5.32 Å². The maximum absolute atomic E-state index is 13.9. The van der Waals surface area contributed by atoms with Crippen molar-refractivity contribution in [2.24, 2.45) is 0 Å². The lowest BCUT2D eigenvalue weighted by molar-refractivity contribution is -0.119. The van der Waals surface area contributed by atoms with Crippen molar-refractivity contribution >= 4 is 33.4 Å². The Bertz CT molecular complexity index is 855. The number of carbonyl (C=O) groups excluding carboxylic acids is 1. The van der Waals surface area contributed by atoms with Crippen LogP contribution >= 0.6 is 11.8 Å². The summed E-state index contributed by atoms with van der Waals surface area (Å²) >= 11 is 1.59. The molecular formula is C18H21FN2O3S2. The number of thioether (sulfide) groups is 1. The van der Waals surface area contributed by atoms with Gasteiger partial charge in [-0.05, 0) is 31.2 Å². The molecule has 26 heavy (non-hydrogen) atoms.